The zero-order valence-corrected chi connectivity index (χ0v) is 17.6. The van der Waals surface area contributed by atoms with Crippen LogP contribution in [-0.2, 0) is 4.79 Å². The molecule has 9 nitrogen and oxygen atoms in total. The number of methoxy groups -OCH3 is 1. The minimum Gasteiger partial charge on any atom is -0.497 e. The summed E-state index contributed by atoms with van der Waals surface area (Å²) in [5, 5.41) is 10.5. The van der Waals surface area contributed by atoms with Crippen molar-refractivity contribution in [1.82, 2.24) is 25.1 Å². The second-order valence-electron chi connectivity index (χ2n) is 6.74. The second kappa shape index (κ2) is 9.73. The highest BCUT2D eigenvalue weighted by Crippen LogP contribution is 2.18. The number of rotatable bonds is 9. The normalized spacial score (nSPS) is 10.5. The van der Waals surface area contributed by atoms with Crippen molar-refractivity contribution in [1.29, 1.82) is 0 Å². The van der Waals surface area contributed by atoms with E-state index in [9.17, 15) is 4.79 Å². The quantitative estimate of drug-likeness (QED) is 0.521. The third kappa shape index (κ3) is 5.69. The van der Waals surface area contributed by atoms with Gasteiger partial charge in [0, 0.05) is 30.9 Å². The molecule has 0 saturated carbocycles. The van der Waals surface area contributed by atoms with Gasteiger partial charge in [-0.2, -0.15) is 5.10 Å². The molecule has 3 rings (SSSR count). The summed E-state index contributed by atoms with van der Waals surface area (Å²) in [5.74, 6) is 3.06. The number of aryl methyl sites for hydroxylation is 3. The van der Waals surface area contributed by atoms with Crippen molar-refractivity contribution in [2.24, 2.45) is 0 Å². The van der Waals surface area contributed by atoms with Crippen LogP contribution >= 0.6 is 0 Å². The topological polar surface area (TPSA) is 103 Å². The average molecular weight is 410 g/mol. The van der Waals surface area contributed by atoms with Gasteiger partial charge < -0.3 is 20.1 Å². The standard InChI is InChI=1S/C21H26N6O3/c1-14-10-15(2)27(26-14)20-12-19(24-16(3)25-20)22-8-9-23-21(28)13-30-18-7-5-6-17(11-18)29-4/h5-7,10-12H,8-9,13H2,1-4H3,(H,23,28)(H,22,24,25). The number of hydrogen-bond acceptors (Lipinski definition) is 7. The van der Waals surface area contributed by atoms with Gasteiger partial charge in [0.25, 0.3) is 5.91 Å². The van der Waals surface area contributed by atoms with E-state index in [4.69, 9.17) is 9.47 Å². The van der Waals surface area contributed by atoms with Crippen LogP contribution in [0, 0.1) is 20.8 Å². The average Bonchev–Trinajstić information content (AvgIpc) is 3.07. The molecule has 0 radical (unpaired) electrons. The Bertz CT molecular complexity index is 1020. The highest BCUT2D eigenvalue weighted by Gasteiger charge is 2.09. The lowest BCUT2D eigenvalue weighted by molar-refractivity contribution is -0.123. The van der Waals surface area contributed by atoms with Crippen molar-refractivity contribution < 1.29 is 14.3 Å². The van der Waals surface area contributed by atoms with Crippen molar-refractivity contribution >= 4 is 11.7 Å². The second-order valence-corrected chi connectivity index (χ2v) is 6.74. The van der Waals surface area contributed by atoms with E-state index in [1.54, 1.807) is 30.0 Å². The van der Waals surface area contributed by atoms with Crippen LogP contribution in [-0.4, -0.2) is 52.5 Å². The van der Waals surface area contributed by atoms with Gasteiger partial charge in [0.05, 0.1) is 12.8 Å². The number of carbonyl (C=O) groups is 1. The molecule has 1 aromatic carbocycles. The van der Waals surface area contributed by atoms with Crippen LogP contribution in [0.25, 0.3) is 5.82 Å². The van der Waals surface area contributed by atoms with E-state index in [0.717, 1.165) is 11.4 Å². The third-order valence-electron chi connectivity index (χ3n) is 4.22. The predicted molar refractivity (Wildman–Crippen MR) is 113 cm³/mol. The van der Waals surface area contributed by atoms with Crippen LogP contribution < -0.4 is 20.1 Å². The van der Waals surface area contributed by atoms with Crippen molar-refractivity contribution in [2.45, 2.75) is 20.8 Å². The van der Waals surface area contributed by atoms with E-state index in [1.807, 2.05) is 39.0 Å². The maximum Gasteiger partial charge on any atom is 0.258 e. The Hall–Kier alpha value is -3.62. The smallest absolute Gasteiger partial charge is 0.258 e. The summed E-state index contributed by atoms with van der Waals surface area (Å²) in [4.78, 5) is 20.8. The first-order chi connectivity index (χ1) is 14.4. The lowest BCUT2D eigenvalue weighted by Crippen LogP contribution is -2.32. The van der Waals surface area contributed by atoms with Gasteiger partial charge in [0.2, 0.25) is 0 Å². The molecule has 0 aliphatic rings. The molecular formula is C21H26N6O3. The molecule has 2 heterocycles. The molecule has 0 atom stereocenters. The van der Waals surface area contributed by atoms with Gasteiger partial charge in [-0.1, -0.05) is 6.07 Å². The molecule has 0 aliphatic heterocycles. The van der Waals surface area contributed by atoms with Crippen LogP contribution in [0.1, 0.15) is 17.2 Å². The minimum atomic E-state index is -0.207. The number of carbonyl (C=O) groups excluding carboxylic acids is 1. The Morgan fingerprint density at radius 3 is 2.60 bits per heavy atom. The zero-order valence-electron chi connectivity index (χ0n) is 17.6. The van der Waals surface area contributed by atoms with Crippen LogP contribution in [0.5, 0.6) is 11.5 Å². The lowest BCUT2D eigenvalue weighted by atomic mass is 10.3. The van der Waals surface area contributed by atoms with Crippen LogP contribution in [0.4, 0.5) is 5.82 Å². The maximum absolute atomic E-state index is 12.0. The van der Waals surface area contributed by atoms with E-state index < -0.39 is 0 Å². The summed E-state index contributed by atoms with van der Waals surface area (Å²) in [6, 6.07) is 10.9. The summed E-state index contributed by atoms with van der Waals surface area (Å²) in [6.07, 6.45) is 0. The first kappa shape index (κ1) is 21.1. The summed E-state index contributed by atoms with van der Waals surface area (Å²) in [6.45, 7) is 6.63. The zero-order chi connectivity index (χ0) is 21.5. The van der Waals surface area contributed by atoms with E-state index in [2.05, 4.69) is 25.7 Å². The fourth-order valence-electron chi connectivity index (χ4n) is 2.90. The molecular weight excluding hydrogens is 384 g/mol. The molecule has 1 amide bonds. The maximum atomic E-state index is 12.0. The molecule has 30 heavy (non-hydrogen) atoms. The first-order valence-corrected chi connectivity index (χ1v) is 9.61. The molecule has 0 saturated heterocycles. The molecule has 2 aromatic heterocycles. The number of ether oxygens (including phenoxy) is 2. The van der Waals surface area contributed by atoms with Crippen LogP contribution in [0.3, 0.4) is 0 Å². The third-order valence-corrected chi connectivity index (χ3v) is 4.22. The predicted octanol–water partition coefficient (Wildman–Crippen LogP) is 2.20. The van der Waals surface area contributed by atoms with Crippen molar-refractivity contribution in [3.8, 4) is 17.3 Å². The van der Waals surface area contributed by atoms with Gasteiger partial charge in [-0.3, -0.25) is 4.79 Å². The molecule has 0 spiro atoms. The molecule has 0 fully saturated rings. The Kier molecular flexibility index (Phi) is 6.84. The largest absolute Gasteiger partial charge is 0.497 e. The number of anilines is 1. The minimum absolute atomic E-state index is 0.0676. The number of nitrogens with one attached hydrogen (secondary N) is 2. The number of amides is 1. The summed E-state index contributed by atoms with van der Waals surface area (Å²) in [7, 11) is 1.58. The summed E-state index contributed by atoms with van der Waals surface area (Å²) in [5.41, 5.74) is 1.93. The van der Waals surface area contributed by atoms with Gasteiger partial charge in [0.15, 0.2) is 12.4 Å². The number of benzene rings is 1. The molecule has 0 aliphatic carbocycles. The molecule has 3 aromatic rings. The Morgan fingerprint density at radius 2 is 1.87 bits per heavy atom. The van der Waals surface area contributed by atoms with Crippen LogP contribution in [0.15, 0.2) is 36.4 Å². The van der Waals surface area contributed by atoms with E-state index in [-0.39, 0.29) is 12.5 Å². The molecule has 2 N–H and O–H groups in total. The molecule has 158 valence electrons. The van der Waals surface area contributed by atoms with Crippen molar-refractivity contribution in [3.05, 3.63) is 53.6 Å². The summed E-state index contributed by atoms with van der Waals surface area (Å²) < 4.78 is 12.4. The van der Waals surface area contributed by atoms with Gasteiger partial charge >= 0.3 is 0 Å². The lowest BCUT2D eigenvalue weighted by Gasteiger charge is -2.11. The van der Waals surface area contributed by atoms with Crippen molar-refractivity contribution in [2.75, 3.05) is 32.1 Å². The highest BCUT2D eigenvalue weighted by atomic mass is 16.5. The first-order valence-electron chi connectivity index (χ1n) is 9.61. The summed E-state index contributed by atoms with van der Waals surface area (Å²) >= 11 is 0. The Balaban J connectivity index is 1.47. The fourth-order valence-corrected chi connectivity index (χ4v) is 2.90. The number of nitrogens with zero attached hydrogens (tertiary/aromatic N) is 4. The van der Waals surface area contributed by atoms with E-state index >= 15 is 0 Å². The van der Waals surface area contributed by atoms with Gasteiger partial charge in [0.1, 0.15) is 23.1 Å². The monoisotopic (exact) mass is 410 g/mol. The molecule has 0 bridgehead atoms. The van der Waals surface area contributed by atoms with Gasteiger partial charge in [-0.15, -0.1) is 0 Å². The highest BCUT2D eigenvalue weighted by molar-refractivity contribution is 5.77. The van der Waals surface area contributed by atoms with Gasteiger partial charge in [-0.25, -0.2) is 14.6 Å². The van der Waals surface area contributed by atoms with Crippen LogP contribution in [0.2, 0.25) is 0 Å². The van der Waals surface area contributed by atoms with E-state index in [0.29, 0.717) is 42.0 Å². The van der Waals surface area contributed by atoms with Crippen molar-refractivity contribution in [3.63, 3.8) is 0 Å². The number of aromatic nitrogens is 4. The molecule has 0 unspecified atom stereocenters. The number of hydrogen-bond donors (Lipinski definition) is 2. The fraction of sp³-hybridized carbons (Fsp3) is 0.333. The van der Waals surface area contributed by atoms with Gasteiger partial charge in [-0.05, 0) is 39.0 Å². The SMILES string of the molecule is COc1cccc(OCC(=O)NCCNc2cc(-n3nc(C)cc3C)nc(C)n2)c1. The Morgan fingerprint density at radius 1 is 1.07 bits per heavy atom. The van der Waals surface area contributed by atoms with E-state index in [1.165, 1.54) is 0 Å². The Labute approximate surface area is 175 Å². The molecule has 9 heteroatoms.